The molecule has 0 aromatic heterocycles. The molecule has 0 nitrogen and oxygen atoms in total. The average Bonchev–Trinajstić information content (AvgIpc) is 2.85. The van der Waals surface area contributed by atoms with Crippen LogP contribution in [0.4, 0.5) is 0 Å². The Morgan fingerprint density at radius 2 is 1.48 bits per heavy atom. The van der Waals surface area contributed by atoms with E-state index in [2.05, 4.69) is 34.6 Å². The molecular formula is C21H40. The molecule has 0 radical (unpaired) electrons. The van der Waals surface area contributed by atoms with Crippen LogP contribution in [0.15, 0.2) is 0 Å². The highest BCUT2D eigenvalue weighted by molar-refractivity contribution is 4.87. The van der Waals surface area contributed by atoms with Crippen molar-refractivity contribution >= 4 is 0 Å². The highest BCUT2D eigenvalue weighted by Crippen LogP contribution is 2.47. The largest absolute Gasteiger partial charge is 0.0654 e. The highest BCUT2D eigenvalue weighted by atomic mass is 14.4. The van der Waals surface area contributed by atoms with E-state index in [1.54, 1.807) is 6.42 Å². The first kappa shape index (κ1) is 17.4. The standard InChI is InChI=1S/C21H40/c1-6-7-8-20-14-21(13-16(20)4)17(5)19-11-9-18(10-12-19)15(2)3/h15-21H,6-14H2,1-5H3. The molecular weight excluding hydrogens is 252 g/mol. The predicted molar refractivity (Wildman–Crippen MR) is 94.4 cm³/mol. The van der Waals surface area contributed by atoms with E-state index in [-0.39, 0.29) is 0 Å². The van der Waals surface area contributed by atoms with Gasteiger partial charge in [0.25, 0.3) is 0 Å². The molecule has 21 heavy (non-hydrogen) atoms. The molecule has 0 heteroatoms. The third-order valence-corrected chi connectivity index (χ3v) is 7.26. The van der Waals surface area contributed by atoms with Crippen LogP contribution in [0.2, 0.25) is 0 Å². The van der Waals surface area contributed by atoms with E-state index in [9.17, 15) is 0 Å². The number of rotatable bonds is 6. The van der Waals surface area contributed by atoms with E-state index in [1.165, 1.54) is 51.4 Å². The van der Waals surface area contributed by atoms with Crippen molar-refractivity contribution in [3.05, 3.63) is 0 Å². The summed E-state index contributed by atoms with van der Waals surface area (Å²) in [5.74, 6) is 7.05. The van der Waals surface area contributed by atoms with Crippen LogP contribution in [0.25, 0.3) is 0 Å². The molecule has 2 aliphatic rings. The van der Waals surface area contributed by atoms with Crippen molar-refractivity contribution in [3.8, 4) is 0 Å². The van der Waals surface area contributed by atoms with Crippen LogP contribution in [-0.4, -0.2) is 0 Å². The van der Waals surface area contributed by atoms with Crippen molar-refractivity contribution in [2.75, 3.05) is 0 Å². The molecule has 4 unspecified atom stereocenters. The van der Waals surface area contributed by atoms with Crippen LogP contribution in [0, 0.1) is 41.4 Å². The van der Waals surface area contributed by atoms with Gasteiger partial charge in [0.1, 0.15) is 0 Å². The van der Waals surface area contributed by atoms with E-state index in [0.29, 0.717) is 0 Å². The van der Waals surface area contributed by atoms with Crippen LogP contribution in [0.5, 0.6) is 0 Å². The van der Waals surface area contributed by atoms with Crippen LogP contribution in [-0.2, 0) is 0 Å². The fraction of sp³-hybridized carbons (Fsp3) is 1.00. The summed E-state index contributed by atoms with van der Waals surface area (Å²) in [4.78, 5) is 0. The van der Waals surface area contributed by atoms with Gasteiger partial charge < -0.3 is 0 Å². The van der Waals surface area contributed by atoms with Crippen molar-refractivity contribution in [2.45, 2.75) is 92.4 Å². The molecule has 4 atom stereocenters. The zero-order chi connectivity index (χ0) is 15.4. The van der Waals surface area contributed by atoms with E-state index in [0.717, 1.165) is 41.4 Å². The fourth-order valence-electron chi connectivity index (χ4n) is 5.41. The molecule has 2 rings (SSSR count). The molecule has 0 aliphatic heterocycles. The lowest BCUT2D eigenvalue weighted by molar-refractivity contribution is 0.145. The Morgan fingerprint density at radius 1 is 0.857 bits per heavy atom. The zero-order valence-corrected chi connectivity index (χ0v) is 15.4. The Bertz CT molecular complexity index is 284. The first-order chi connectivity index (χ1) is 10.0. The van der Waals surface area contributed by atoms with Crippen molar-refractivity contribution in [2.24, 2.45) is 41.4 Å². The maximum Gasteiger partial charge on any atom is -0.0380 e. The van der Waals surface area contributed by atoms with Crippen LogP contribution >= 0.6 is 0 Å². The monoisotopic (exact) mass is 292 g/mol. The van der Waals surface area contributed by atoms with Gasteiger partial charge in [-0.3, -0.25) is 0 Å². The van der Waals surface area contributed by atoms with Gasteiger partial charge in [0.2, 0.25) is 0 Å². The van der Waals surface area contributed by atoms with Crippen molar-refractivity contribution < 1.29 is 0 Å². The molecule has 2 fully saturated rings. The lowest BCUT2D eigenvalue weighted by Crippen LogP contribution is -2.26. The van der Waals surface area contributed by atoms with Gasteiger partial charge in [-0.25, -0.2) is 0 Å². The third-order valence-electron chi connectivity index (χ3n) is 7.26. The van der Waals surface area contributed by atoms with Crippen LogP contribution < -0.4 is 0 Å². The van der Waals surface area contributed by atoms with Gasteiger partial charge in [-0.2, -0.15) is 0 Å². The van der Waals surface area contributed by atoms with Gasteiger partial charge in [-0.05, 0) is 80.0 Å². The quantitative estimate of drug-likeness (QED) is 0.497. The summed E-state index contributed by atoms with van der Waals surface area (Å²) in [5, 5.41) is 0. The minimum Gasteiger partial charge on any atom is -0.0654 e. The smallest absolute Gasteiger partial charge is 0.0380 e. The predicted octanol–water partition coefficient (Wildman–Crippen LogP) is 6.94. The molecule has 0 aromatic carbocycles. The van der Waals surface area contributed by atoms with E-state index < -0.39 is 0 Å². The normalized spacial score (nSPS) is 38.9. The lowest BCUT2D eigenvalue weighted by atomic mass is 9.69. The highest BCUT2D eigenvalue weighted by Gasteiger charge is 2.37. The van der Waals surface area contributed by atoms with Gasteiger partial charge in [0.05, 0.1) is 0 Å². The molecule has 0 heterocycles. The second kappa shape index (κ2) is 8.02. The molecule has 0 aromatic rings. The minimum absolute atomic E-state index is 0.909. The Balaban J connectivity index is 1.80. The number of unbranched alkanes of at least 4 members (excludes halogenated alkanes) is 1. The van der Waals surface area contributed by atoms with Crippen molar-refractivity contribution in [1.82, 2.24) is 0 Å². The summed E-state index contributed by atoms with van der Waals surface area (Å²) in [7, 11) is 0. The first-order valence-electron chi connectivity index (χ1n) is 10.0. The van der Waals surface area contributed by atoms with Gasteiger partial charge in [0, 0.05) is 0 Å². The topological polar surface area (TPSA) is 0 Å². The number of hydrogen-bond donors (Lipinski definition) is 0. The lowest BCUT2D eigenvalue weighted by Gasteiger charge is -2.36. The summed E-state index contributed by atoms with van der Waals surface area (Å²) < 4.78 is 0. The van der Waals surface area contributed by atoms with Gasteiger partial charge in [-0.15, -0.1) is 0 Å². The Hall–Kier alpha value is 0. The molecule has 0 spiro atoms. The molecule has 124 valence electrons. The second-order valence-corrected chi connectivity index (χ2v) is 8.89. The number of hydrogen-bond acceptors (Lipinski definition) is 0. The van der Waals surface area contributed by atoms with E-state index in [1.807, 2.05) is 0 Å². The zero-order valence-electron chi connectivity index (χ0n) is 15.4. The second-order valence-electron chi connectivity index (χ2n) is 8.89. The fourth-order valence-corrected chi connectivity index (χ4v) is 5.41. The molecule has 0 N–H and O–H groups in total. The summed E-state index contributed by atoms with van der Waals surface area (Å²) in [6.07, 6.45) is 13.5. The Labute approximate surface area is 134 Å². The van der Waals surface area contributed by atoms with Gasteiger partial charge in [-0.1, -0.05) is 53.9 Å². The molecule has 0 saturated heterocycles. The summed E-state index contributed by atoms with van der Waals surface area (Å²) in [6.45, 7) is 12.3. The summed E-state index contributed by atoms with van der Waals surface area (Å²) in [6, 6.07) is 0. The maximum absolute atomic E-state index is 2.60. The van der Waals surface area contributed by atoms with Gasteiger partial charge >= 0.3 is 0 Å². The SMILES string of the molecule is CCCCC1CC(C(C)C2CCC(C(C)C)CC2)CC1C. The third kappa shape index (κ3) is 4.49. The van der Waals surface area contributed by atoms with Crippen LogP contribution in [0.1, 0.15) is 92.4 Å². The Kier molecular flexibility index (Phi) is 6.63. The average molecular weight is 293 g/mol. The minimum atomic E-state index is 0.909. The maximum atomic E-state index is 2.60. The first-order valence-corrected chi connectivity index (χ1v) is 10.0. The molecule has 0 bridgehead atoms. The van der Waals surface area contributed by atoms with E-state index in [4.69, 9.17) is 0 Å². The molecule has 2 aliphatic carbocycles. The summed E-state index contributed by atoms with van der Waals surface area (Å²) >= 11 is 0. The molecule has 2 saturated carbocycles. The van der Waals surface area contributed by atoms with E-state index >= 15 is 0 Å². The van der Waals surface area contributed by atoms with Crippen molar-refractivity contribution in [1.29, 1.82) is 0 Å². The summed E-state index contributed by atoms with van der Waals surface area (Å²) in [5.41, 5.74) is 0. The van der Waals surface area contributed by atoms with Crippen LogP contribution in [0.3, 0.4) is 0 Å². The van der Waals surface area contributed by atoms with Crippen molar-refractivity contribution in [3.63, 3.8) is 0 Å². The molecule has 0 amide bonds. The Morgan fingerprint density at radius 3 is 2.05 bits per heavy atom. The van der Waals surface area contributed by atoms with Gasteiger partial charge in [0.15, 0.2) is 0 Å².